The van der Waals surface area contributed by atoms with Crippen LogP contribution in [0.25, 0.3) is 0 Å². The Kier molecular flexibility index (Phi) is 10.0. The zero-order valence-corrected chi connectivity index (χ0v) is 23.6. The third-order valence-corrected chi connectivity index (χ3v) is 9.03. The number of nitrogens with zero attached hydrogens (tertiary/aromatic N) is 1. The smallest absolute Gasteiger partial charge is 0.490 e. The quantitative estimate of drug-likeness (QED) is 0.359. The number of alkyl halides is 3. The fraction of sp³-hybridized carbons (Fsp3) is 0.655. The number of nitrogens with two attached hydrogens (primary N) is 1. The van der Waals surface area contributed by atoms with Gasteiger partial charge in [0.05, 0.1) is 13.7 Å². The second-order valence-electron chi connectivity index (χ2n) is 11.8. The highest BCUT2D eigenvalue weighted by Gasteiger charge is 2.49. The van der Waals surface area contributed by atoms with E-state index in [1.807, 2.05) is 24.3 Å². The number of aliphatic carboxylic acids is 1. The topological polar surface area (TPSA) is 151 Å². The number of likely N-dealkylation sites (tertiary alicyclic amines) is 1. The van der Waals surface area contributed by atoms with Crippen LogP contribution in [0.15, 0.2) is 24.3 Å². The van der Waals surface area contributed by atoms with E-state index in [-0.39, 0.29) is 30.3 Å². The van der Waals surface area contributed by atoms with Crippen LogP contribution in [0.5, 0.6) is 5.75 Å². The third kappa shape index (κ3) is 7.53. The molecule has 1 unspecified atom stereocenters. The van der Waals surface area contributed by atoms with Gasteiger partial charge < -0.3 is 31.1 Å². The fourth-order valence-electron chi connectivity index (χ4n) is 7.38. The van der Waals surface area contributed by atoms with E-state index < -0.39 is 24.2 Å². The molecule has 4 bridgehead atoms. The summed E-state index contributed by atoms with van der Waals surface area (Å²) in [7, 11) is 1.60. The molecule has 1 saturated heterocycles. The van der Waals surface area contributed by atoms with Crippen molar-refractivity contribution in [3.8, 4) is 5.75 Å². The number of hydrogen-bond donors (Lipinski definition) is 4. The van der Waals surface area contributed by atoms with Gasteiger partial charge in [0, 0.05) is 19.0 Å². The number of hydrogen-bond acceptors (Lipinski definition) is 6. The Morgan fingerprint density at radius 1 is 1.05 bits per heavy atom. The summed E-state index contributed by atoms with van der Waals surface area (Å²) in [4.78, 5) is 49.8. The van der Waals surface area contributed by atoms with Gasteiger partial charge in [-0.1, -0.05) is 12.1 Å². The lowest BCUT2D eigenvalue weighted by Gasteiger charge is -2.54. The van der Waals surface area contributed by atoms with E-state index in [2.05, 4.69) is 10.6 Å². The summed E-state index contributed by atoms with van der Waals surface area (Å²) in [5, 5.41) is 13.3. The van der Waals surface area contributed by atoms with Gasteiger partial charge >= 0.3 is 12.1 Å². The number of carboxylic acid groups (broad SMARTS) is 1. The predicted octanol–water partition coefficient (Wildman–Crippen LogP) is 2.25. The molecule has 42 heavy (non-hydrogen) atoms. The van der Waals surface area contributed by atoms with Crippen molar-refractivity contribution in [3.63, 3.8) is 0 Å². The highest BCUT2D eigenvalue weighted by molar-refractivity contribution is 5.93. The summed E-state index contributed by atoms with van der Waals surface area (Å²) in [6.45, 7) is 0.332. The molecule has 1 aromatic carbocycles. The summed E-state index contributed by atoms with van der Waals surface area (Å²) in [5.41, 5.74) is 6.42. The number of halogens is 3. The minimum atomic E-state index is -5.08. The maximum atomic E-state index is 13.6. The molecule has 10 nitrogen and oxygen atoms in total. The lowest BCUT2D eigenvalue weighted by molar-refractivity contribution is -0.192. The molecule has 1 aromatic rings. The summed E-state index contributed by atoms with van der Waals surface area (Å²) >= 11 is 0. The number of amides is 3. The van der Waals surface area contributed by atoms with E-state index in [1.165, 1.54) is 32.1 Å². The maximum Gasteiger partial charge on any atom is 0.490 e. The molecule has 13 heteroatoms. The molecule has 0 aromatic heterocycles. The molecule has 5 aliphatic rings. The van der Waals surface area contributed by atoms with Crippen molar-refractivity contribution in [2.24, 2.45) is 29.4 Å². The summed E-state index contributed by atoms with van der Waals surface area (Å²) in [5.74, 6) is 0.217. The van der Waals surface area contributed by atoms with E-state index >= 15 is 0 Å². The number of rotatable bonds is 8. The maximum absolute atomic E-state index is 13.6. The molecular formula is C29H39F3N4O6. The van der Waals surface area contributed by atoms with Crippen LogP contribution < -0.4 is 21.1 Å². The Balaban J connectivity index is 0.000000517. The van der Waals surface area contributed by atoms with Gasteiger partial charge in [-0.15, -0.1) is 0 Å². The first-order chi connectivity index (χ1) is 19.9. The number of methoxy groups -OCH3 is 1. The number of benzene rings is 1. The van der Waals surface area contributed by atoms with Crippen LogP contribution >= 0.6 is 0 Å². The van der Waals surface area contributed by atoms with Gasteiger partial charge in [-0.2, -0.15) is 13.2 Å². The minimum absolute atomic E-state index is 0.0262. The van der Waals surface area contributed by atoms with Crippen LogP contribution in [0.3, 0.4) is 0 Å². The number of carbonyl (C=O) groups is 4. The normalized spacial score (nSPS) is 28.4. The molecule has 232 valence electrons. The SMILES string of the molecule is COc1ccc(CC(NC(=O)CN)C(=O)N2CCC[C@@H]2C(=O)NC2C3CC4CC(C3)CC2C4)cc1.O=C(O)C(F)(F)F. The Morgan fingerprint density at radius 2 is 1.62 bits per heavy atom. The van der Waals surface area contributed by atoms with Crippen molar-refractivity contribution in [2.75, 3.05) is 20.2 Å². The first kappa shape index (κ1) is 31.6. The van der Waals surface area contributed by atoms with Crippen molar-refractivity contribution in [2.45, 2.75) is 75.7 Å². The molecule has 1 aliphatic heterocycles. The first-order valence-electron chi connectivity index (χ1n) is 14.4. The average Bonchev–Trinajstić information content (AvgIpc) is 3.44. The molecule has 2 atom stereocenters. The molecule has 4 aliphatic carbocycles. The molecule has 3 amide bonds. The largest absolute Gasteiger partial charge is 0.497 e. The Hall–Kier alpha value is -3.35. The number of carboxylic acids is 1. The molecule has 5 fully saturated rings. The monoisotopic (exact) mass is 596 g/mol. The molecule has 6 rings (SSSR count). The van der Waals surface area contributed by atoms with Gasteiger partial charge in [-0.3, -0.25) is 14.4 Å². The molecule has 4 saturated carbocycles. The van der Waals surface area contributed by atoms with Crippen LogP contribution in [-0.4, -0.2) is 78.2 Å². The van der Waals surface area contributed by atoms with Crippen LogP contribution in [-0.2, 0) is 25.6 Å². The number of nitrogens with one attached hydrogen (secondary N) is 2. The molecular weight excluding hydrogens is 557 g/mol. The van der Waals surface area contributed by atoms with Crippen LogP contribution in [0.2, 0.25) is 0 Å². The molecule has 5 N–H and O–H groups in total. The van der Waals surface area contributed by atoms with Gasteiger partial charge in [0.25, 0.3) is 0 Å². The van der Waals surface area contributed by atoms with Crippen molar-refractivity contribution in [3.05, 3.63) is 29.8 Å². The zero-order chi connectivity index (χ0) is 30.6. The Morgan fingerprint density at radius 3 is 2.12 bits per heavy atom. The van der Waals surface area contributed by atoms with Gasteiger partial charge in [0.1, 0.15) is 17.8 Å². The summed E-state index contributed by atoms with van der Waals surface area (Å²) in [6.07, 6.45) is 3.01. The van der Waals surface area contributed by atoms with Gasteiger partial charge in [0.2, 0.25) is 17.7 Å². The van der Waals surface area contributed by atoms with Gasteiger partial charge in [0.15, 0.2) is 0 Å². The fourth-order valence-corrected chi connectivity index (χ4v) is 7.38. The van der Waals surface area contributed by atoms with Crippen molar-refractivity contribution < 1.29 is 42.2 Å². The van der Waals surface area contributed by atoms with Crippen molar-refractivity contribution >= 4 is 23.7 Å². The lowest BCUT2D eigenvalue weighted by Crippen LogP contribution is -2.60. The van der Waals surface area contributed by atoms with E-state index in [9.17, 15) is 27.6 Å². The second kappa shape index (κ2) is 13.3. The van der Waals surface area contributed by atoms with E-state index in [0.717, 1.165) is 29.6 Å². The summed E-state index contributed by atoms with van der Waals surface area (Å²) in [6, 6.07) is 6.43. The van der Waals surface area contributed by atoms with Crippen LogP contribution in [0.1, 0.15) is 50.5 Å². The van der Waals surface area contributed by atoms with E-state index in [1.54, 1.807) is 12.0 Å². The first-order valence-corrected chi connectivity index (χ1v) is 14.4. The van der Waals surface area contributed by atoms with Crippen LogP contribution in [0, 0.1) is 23.7 Å². The Labute approximate surface area is 242 Å². The third-order valence-electron chi connectivity index (χ3n) is 9.03. The standard InChI is InChI=1S/C27H38N4O4.C2HF3O2/c1-35-21-6-4-16(5-7-21)14-22(29-24(32)15-28)27(34)31-8-2-3-23(31)26(33)30-25-19-10-17-9-18(12-19)13-20(25)11-17;3-2(4,5)1(6)7/h4-7,17-20,22-23,25H,2-3,8-15,28H2,1H3,(H,29,32)(H,30,33);(H,6,7)/t17?,18?,19?,20?,22?,23-,25?;/m1./s1. The van der Waals surface area contributed by atoms with Crippen molar-refractivity contribution in [1.29, 1.82) is 0 Å². The van der Waals surface area contributed by atoms with E-state index in [0.29, 0.717) is 31.2 Å². The Bertz CT molecular complexity index is 1120. The second-order valence-corrected chi connectivity index (χ2v) is 11.8. The number of carbonyl (C=O) groups excluding carboxylic acids is 3. The highest BCUT2D eigenvalue weighted by Crippen LogP contribution is 2.53. The van der Waals surface area contributed by atoms with Crippen LogP contribution in [0.4, 0.5) is 13.2 Å². The number of ether oxygens (including phenoxy) is 1. The lowest BCUT2D eigenvalue weighted by atomic mass is 9.54. The molecule has 0 radical (unpaired) electrons. The van der Waals surface area contributed by atoms with Gasteiger partial charge in [-0.25, -0.2) is 4.79 Å². The highest BCUT2D eigenvalue weighted by atomic mass is 19.4. The summed E-state index contributed by atoms with van der Waals surface area (Å²) < 4.78 is 37.0. The van der Waals surface area contributed by atoms with Crippen molar-refractivity contribution in [1.82, 2.24) is 15.5 Å². The van der Waals surface area contributed by atoms with Gasteiger partial charge in [-0.05, 0) is 86.3 Å². The predicted molar refractivity (Wildman–Crippen MR) is 145 cm³/mol. The minimum Gasteiger partial charge on any atom is -0.497 e. The van der Waals surface area contributed by atoms with E-state index in [4.69, 9.17) is 20.4 Å². The molecule has 1 heterocycles. The zero-order valence-electron chi connectivity index (χ0n) is 23.6. The molecule has 0 spiro atoms. The average molecular weight is 597 g/mol.